The third-order valence-electron chi connectivity index (χ3n) is 4.74. The van der Waals surface area contributed by atoms with E-state index in [0.29, 0.717) is 23.8 Å². The van der Waals surface area contributed by atoms with Gasteiger partial charge in [-0.05, 0) is 42.2 Å². The number of imidazole rings is 1. The fraction of sp³-hybridized carbons (Fsp3) is 0.263. The maximum atomic E-state index is 12.1. The molecule has 0 radical (unpaired) electrons. The van der Waals surface area contributed by atoms with Crippen molar-refractivity contribution < 1.29 is 4.79 Å². The molecule has 0 atom stereocenters. The summed E-state index contributed by atoms with van der Waals surface area (Å²) in [4.78, 5) is 25.5. The average molecular weight is 374 g/mol. The number of nitrogens with one attached hydrogen (secondary N) is 2. The number of aromatic nitrogens is 7. The molecule has 1 saturated carbocycles. The molecule has 3 aromatic heterocycles. The lowest BCUT2D eigenvalue weighted by Crippen LogP contribution is -2.14. The summed E-state index contributed by atoms with van der Waals surface area (Å²) in [5.41, 5.74) is 4.43. The molecular weight excluding hydrogens is 356 g/mol. The van der Waals surface area contributed by atoms with E-state index in [4.69, 9.17) is 0 Å². The first-order valence-electron chi connectivity index (χ1n) is 9.14. The van der Waals surface area contributed by atoms with Crippen LogP contribution >= 0.6 is 0 Å². The molecule has 1 amide bonds. The fourth-order valence-electron chi connectivity index (χ4n) is 3.13. The molecule has 0 saturated heterocycles. The van der Waals surface area contributed by atoms with Gasteiger partial charge in [0.2, 0.25) is 5.91 Å². The van der Waals surface area contributed by atoms with E-state index in [9.17, 15) is 4.79 Å². The predicted molar refractivity (Wildman–Crippen MR) is 102 cm³/mol. The average Bonchev–Trinajstić information content (AvgIpc) is 3.31. The van der Waals surface area contributed by atoms with Crippen LogP contribution in [0.15, 0.2) is 36.7 Å². The zero-order valence-corrected chi connectivity index (χ0v) is 15.3. The Balaban J connectivity index is 1.45. The maximum Gasteiger partial charge on any atom is 0.228 e. The molecule has 1 aliphatic rings. The van der Waals surface area contributed by atoms with Crippen molar-refractivity contribution in [3.63, 3.8) is 0 Å². The highest BCUT2D eigenvalue weighted by atomic mass is 16.2. The largest absolute Gasteiger partial charge is 0.343 e. The van der Waals surface area contributed by atoms with Crippen LogP contribution in [0.25, 0.3) is 22.3 Å². The lowest BCUT2D eigenvalue weighted by molar-refractivity contribution is -0.117. The van der Waals surface area contributed by atoms with Crippen LogP contribution in [0.5, 0.6) is 0 Å². The molecule has 9 heteroatoms. The molecular formula is C19H18N8O. The number of amides is 1. The van der Waals surface area contributed by atoms with Gasteiger partial charge in [-0.3, -0.25) is 4.79 Å². The van der Waals surface area contributed by atoms with E-state index in [1.807, 2.05) is 37.3 Å². The van der Waals surface area contributed by atoms with Crippen molar-refractivity contribution in [2.24, 2.45) is 5.92 Å². The van der Waals surface area contributed by atoms with Gasteiger partial charge in [-0.25, -0.2) is 9.97 Å². The molecule has 2 N–H and O–H groups in total. The number of nitrogens with zero attached hydrogens (tertiary/aromatic N) is 6. The second-order valence-corrected chi connectivity index (χ2v) is 6.98. The third-order valence-corrected chi connectivity index (χ3v) is 4.74. The number of aryl methyl sites for hydroxylation is 1. The molecule has 3 heterocycles. The van der Waals surface area contributed by atoms with Crippen LogP contribution in [0.4, 0.5) is 5.82 Å². The van der Waals surface area contributed by atoms with Crippen molar-refractivity contribution in [2.75, 3.05) is 5.32 Å². The van der Waals surface area contributed by atoms with Gasteiger partial charge in [0, 0.05) is 11.5 Å². The van der Waals surface area contributed by atoms with Crippen LogP contribution in [0, 0.1) is 12.8 Å². The summed E-state index contributed by atoms with van der Waals surface area (Å²) in [6.45, 7) is 2.37. The van der Waals surface area contributed by atoms with E-state index < -0.39 is 0 Å². The monoisotopic (exact) mass is 374 g/mol. The smallest absolute Gasteiger partial charge is 0.228 e. The van der Waals surface area contributed by atoms with Crippen LogP contribution in [0.1, 0.15) is 24.2 Å². The topological polar surface area (TPSA) is 114 Å². The number of hydrogen-bond acceptors (Lipinski definition) is 6. The lowest BCUT2D eigenvalue weighted by Gasteiger charge is -2.09. The second kappa shape index (κ2) is 6.52. The second-order valence-electron chi connectivity index (χ2n) is 6.98. The first kappa shape index (κ1) is 16.5. The van der Waals surface area contributed by atoms with E-state index in [0.717, 1.165) is 35.0 Å². The quantitative estimate of drug-likeness (QED) is 0.554. The molecule has 1 aliphatic carbocycles. The summed E-state index contributed by atoms with van der Waals surface area (Å²) in [5.74, 6) is 1.32. The Kier molecular flexibility index (Phi) is 3.85. The molecule has 0 bridgehead atoms. The molecule has 5 rings (SSSR count). The maximum absolute atomic E-state index is 12.1. The Hall–Kier alpha value is -3.62. The third kappa shape index (κ3) is 3.22. The zero-order chi connectivity index (χ0) is 19.1. The number of fused-ring (bicyclic) bond motifs is 1. The molecule has 9 nitrogen and oxygen atoms in total. The van der Waals surface area contributed by atoms with Gasteiger partial charge >= 0.3 is 0 Å². The summed E-state index contributed by atoms with van der Waals surface area (Å²) in [5, 5.41) is 15.0. The minimum atomic E-state index is 0.0271. The molecule has 0 unspecified atom stereocenters. The van der Waals surface area contributed by atoms with E-state index in [-0.39, 0.29) is 11.8 Å². The van der Waals surface area contributed by atoms with E-state index in [1.165, 1.54) is 0 Å². The van der Waals surface area contributed by atoms with Gasteiger partial charge in [0.25, 0.3) is 0 Å². The summed E-state index contributed by atoms with van der Waals surface area (Å²) >= 11 is 0. The molecule has 4 aromatic rings. The van der Waals surface area contributed by atoms with E-state index in [2.05, 4.69) is 35.7 Å². The summed E-state index contributed by atoms with van der Waals surface area (Å²) < 4.78 is 0. The standard InChI is InChI=1S/C19H18N8O/c1-11-24-26-27(25-11)9-12-2-4-13(5-3-12)15-8-16(23-19(28)14-6-7-14)22-18-17(15)20-10-21-18/h2-5,8,10,14H,6-7,9H2,1H3,(H2,20,21,22,23,28). The van der Waals surface area contributed by atoms with Crippen molar-refractivity contribution in [2.45, 2.75) is 26.3 Å². The molecule has 0 aliphatic heterocycles. The van der Waals surface area contributed by atoms with Crippen molar-refractivity contribution in [1.29, 1.82) is 0 Å². The summed E-state index contributed by atoms with van der Waals surface area (Å²) in [6.07, 6.45) is 3.51. The van der Waals surface area contributed by atoms with Crippen molar-refractivity contribution >= 4 is 22.9 Å². The normalized spacial score (nSPS) is 13.8. The van der Waals surface area contributed by atoms with Crippen LogP contribution in [-0.2, 0) is 11.3 Å². The highest BCUT2D eigenvalue weighted by Crippen LogP contribution is 2.32. The highest BCUT2D eigenvalue weighted by Gasteiger charge is 2.30. The number of tetrazole rings is 1. The Bertz CT molecular complexity index is 1160. The Morgan fingerprint density at radius 1 is 1.29 bits per heavy atom. The number of anilines is 1. The van der Waals surface area contributed by atoms with E-state index >= 15 is 0 Å². The van der Waals surface area contributed by atoms with Gasteiger partial charge in [0.1, 0.15) is 5.82 Å². The van der Waals surface area contributed by atoms with Gasteiger partial charge in [-0.2, -0.15) is 4.80 Å². The number of pyridine rings is 1. The molecule has 28 heavy (non-hydrogen) atoms. The Morgan fingerprint density at radius 2 is 2.11 bits per heavy atom. The lowest BCUT2D eigenvalue weighted by atomic mass is 10.0. The van der Waals surface area contributed by atoms with Gasteiger partial charge < -0.3 is 10.3 Å². The van der Waals surface area contributed by atoms with Gasteiger partial charge in [-0.15, -0.1) is 10.2 Å². The molecule has 0 spiro atoms. The predicted octanol–water partition coefficient (Wildman–Crippen LogP) is 2.32. The van der Waals surface area contributed by atoms with Crippen molar-refractivity contribution in [3.8, 4) is 11.1 Å². The number of hydrogen-bond donors (Lipinski definition) is 2. The number of carbonyl (C=O) groups is 1. The number of benzene rings is 1. The number of carbonyl (C=O) groups excluding carboxylic acids is 1. The Labute approximate surface area is 160 Å². The van der Waals surface area contributed by atoms with Crippen LogP contribution < -0.4 is 5.32 Å². The minimum absolute atomic E-state index is 0.0271. The number of H-pyrrole nitrogens is 1. The Morgan fingerprint density at radius 3 is 2.82 bits per heavy atom. The van der Waals surface area contributed by atoms with Crippen LogP contribution in [0.2, 0.25) is 0 Å². The molecule has 1 aromatic carbocycles. The molecule has 1 fully saturated rings. The minimum Gasteiger partial charge on any atom is -0.343 e. The van der Waals surface area contributed by atoms with E-state index in [1.54, 1.807) is 11.1 Å². The molecule has 140 valence electrons. The van der Waals surface area contributed by atoms with Gasteiger partial charge in [0.05, 0.1) is 18.4 Å². The zero-order valence-electron chi connectivity index (χ0n) is 15.3. The number of rotatable bonds is 5. The first-order chi connectivity index (χ1) is 13.7. The first-order valence-corrected chi connectivity index (χ1v) is 9.14. The summed E-state index contributed by atoms with van der Waals surface area (Å²) in [6, 6.07) is 10.00. The van der Waals surface area contributed by atoms with Gasteiger partial charge in [0.15, 0.2) is 11.5 Å². The SMILES string of the molecule is Cc1nnn(Cc2ccc(-c3cc(NC(=O)C4CC4)nc4nc[nH]c34)cc2)n1. The number of aromatic amines is 1. The van der Waals surface area contributed by atoms with Crippen molar-refractivity contribution in [1.82, 2.24) is 35.2 Å². The van der Waals surface area contributed by atoms with Crippen molar-refractivity contribution in [3.05, 3.63) is 48.0 Å². The fourth-order valence-corrected chi connectivity index (χ4v) is 3.13. The summed E-state index contributed by atoms with van der Waals surface area (Å²) in [7, 11) is 0. The van der Waals surface area contributed by atoms with Crippen LogP contribution in [-0.4, -0.2) is 41.1 Å². The van der Waals surface area contributed by atoms with Crippen LogP contribution in [0.3, 0.4) is 0 Å². The van der Waals surface area contributed by atoms with Gasteiger partial charge in [-0.1, -0.05) is 24.3 Å². The highest BCUT2D eigenvalue weighted by molar-refractivity contribution is 5.97.